The van der Waals surface area contributed by atoms with E-state index in [9.17, 15) is 9.90 Å². The maximum absolute atomic E-state index is 11.7. The summed E-state index contributed by atoms with van der Waals surface area (Å²) in [5.74, 6) is 0.267. The summed E-state index contributed by atoms with van der Waals surface area (Å²) in [7, 11) is 0. The number of rotatable bonds is 4. The van der Waals surface area contributed by atoms with Gasteiger partial charge in [-0.2, -0.15) is 0 Å². The molecule has 0 amide bonds. The molecule has 1 unspecified atom stereocenters. The number of carbonyl (C=O) groups excluding carboxylic acids is 1. The lowest BCUT2D eigenvalue weighted by atomic mass is 9.41. The maximum Gasteiger partial charge on any atom is 0.306 e. The van der Waals surface area contributed by atoms with Crippen molar-refractivity contribution < 1.29 is 14.6 Å². The van der Waals surface area contributed by atoms with E-state index in [-0.39, 0.29) is 17.5 Å². The molecule has 1 N–H and O–H groups in total. The standard InChI is InChI=1S/C14H16O3/c15-12(8-14-6-11(7-14)13(14)16)17-9-10-4-2-1-3-5-10/h1-5,11,13,16H,6-9H2. The van der Waals surface area contributed by atoms with Crippen molar-refractivity contribution in [3.8, 4) is 0 Å². The largest absolute Gasteiger partial charge is 0.461 e. The minimum atomic E-state index is -0.258. The molecule has 17 heavy (non-hydrogen) atoms. The van der Waals surface area contributed by atoms with Crippen molar-refractivity contribution in [2.45, 2.75) is 32.0 Å². The predicted octanol–water partition coefficient (Wildman–Crippen LogP) is 1.89. The molecular formula is C14H16O3. The van der Waals surface area contributed by atoms with Crippen molar-refractivity contribution in [3.05, 3.63) is 35.9 Å². The molecule has 0 spiro atoms. The second-order valence-electron chi connectivity index (χ2n) is 5.30. The molecule has 3 fully saturated rings. The van der Waals surface area contributed by atoms with Crippen molar-refractivity contribution in [1.29, 1.82) is 0 Å². The first-order valence-electron chi connectivity index (χ1n) is 6.07. The summed E-state index contributed by atoms with van der Waals surface area (Å²) in [6.07, 6.45) is 2.10. The molecule has 3 nitrogen and oxygen atoms in total. The molecule has 0 saturated heterocycles. The first kappa shape index (κ1) is 10.8. The van der Waals surface area contributed by atoms with Gasteiger partial charge in [0, 0.05) is 5.41 Å². The lowest BCUT2D eigenvalue weighted by Crippen LogP contribution is -2.66. The number of esters is 1. The Kier molecular flexibility index (Phi) is 2.44. The van der Waals surface area contributed by atoms with E-state index >= 15 is 0 Å². The van der Waals surface area contributed by atoms with Gasteiger partial charge in [0.1, 0.15) is 6.61 Å². The van der Waals surface area contributed by atoms with Crippen molar-refractivity contribution in [2.24, 2.45) is 11.3 Å². The zero-order chi connectivity index (χ0) is 11.9. The summed E-state index contributed by atoms with van der Waals surface area (Å²) in [5.41, 5.74) is 0.873. The Bertz CT molecular complexity index is 420. The average molecular weight is 232 g/mol. The zero-order valence-electron chi connectivity index (χ0n) is 9.63. The Morgan fingerprint density at radius 2 is 2.06 bits per heavy atom. The number of aliphatic hydroxyl groups is 1. The summed E-state index contributed by atoms with van der Waals surface area (Å²) < 4.78 is 5.22. The molecule has 0 aliphatic heterocycles. The summed E-state index contributed by atoms with van der Waals surface area (Å²) in [6.45, 7) is 0.329. The van der Waals surface area contributed by atoms with Gasteiger partial charge < -0.3 is 9.84 Å². The Balaban J connectivity index is 1.48. The van der Waals surface area contributed by atoms with Gasteiger partial charge in [0.05, 0.1) is 12.5 Å². The fraction of sp³-hybridized carbons (Fsp3) is 0.500. The highest BCUT2D eigenvalue weighted by Gasteiger charge is 2.65. The van der Waals surface area contributed by atoms with E-state index in [0.29, 0.717) is 18.9 Å². The van der Waals surface area contributed by atoms with E-state index < -0.39 is 0 Å². The summed E-state index contributed by atoms with van der Waals surface area (Å²) in [6, 6.07) is 9.65. The number of ether oxygens (including phenoxy) is 1. The van der Waals surface area contributed by atoms with Gasteiger partial charge in [0.15, 0.2) is 0 Å². The fourth-order valence-electron chi connectivity index (χ4n) is 2.95. The maximum atomic E-state index is 11.7. The summed E-state index contributed by atoms with van der Waals surface area (Å²) in [4.78, 5) is 11.7. The lowest BCUT2D eigenvalue weighted by Gasteiger charge is -2.65. The molecule has 2 bridgehead atoms. The Morgan fingerprint density at radius 1 is 1.35 bits per heavy atom. The van der Waals surface area contributed by atoms with Gasteiger partial charge in [-0.3, -0.25) is 4.79 Å². The van der Waals surface area contributed by atoms with Crippen LogP contribution in [0.5, 0.6) is 0 Å². The summed E-state index contributed by atoms with van der Waals surface area (Å²) in [5, 5.41) is 9.64. The highest BCUT2D eigenvalue weighted by atomic mass is 16.5. The van der Waals surface area contributed by atoms with Crippen LogP contribution in [0.15, 0.2) is 30.3 Å². The smallest absolute Gasteiger partial charge is 0.306 e. The Labute approximate surface area is 100 Å². The van der Waals surface area contributed by atoms with Gasteiger partial charge in [-0.15, -0.1) is 0 Å². The molecular weight excluding hydrogens is 216 g/mol. The normalized spacial score (nSPS) is 33.5. The van der Waals surface area contributed by atoms with Crippen LogP contribution in [-0.2, 0) is 16.1 Å². The fourth-order valence-corrected chi connectivity index (χ4v) is 2.95. The van der Waals surface area contributed by atoms with E-state index in [0.717, 1.165) is 18.4 Å². The van der Waals surface area contributed by atoms with Crippen molar-refractivity contribution in [1.82, 2.24) is 0 Å². The molecule has 0 radical (unpaired) electrons. The van der Waals surface area contributed by atoms with Crippen molar-refractivity contribution in [3.63, 3.8) is 0 Å². The number of hydrogen-bond donors (Lipinski definition) is 1. The highest BCUT2D eigenvalue weighted by Crippen LogP contribution is 2.66. The molecule has 3 heteroatoms. The minimum Gasteiger partial charge on any atom is -0.461 e. The number of carbonyl (C=O) groups is 1. The molecule has 1 aromatic rings. The Morgan fingerprint density at radius 3 is 2.59 bits per heavy atom. The highest BCUT2D eigenvalue weighted by molar-refractivity contribution is 5.71. The van der Waals surface area contributed by atoms with Crippen molar-refractivity contribution in [2.75, 3.05) is 0 Å². The second kappa shape index (κ2) is 3.84. The van der Waals surface area contributed by atoms with Crippen molar-refractivity contribution >= 4 is 5.97 Å². The van der Waals surface area contributed by atoms with Gasteiger partial charge in [-0.25, -0.2) is 0 Å². The van der Waals surface area contributed by atoms with E-state index in [1.54, 1.807) is 0 Å². The van der Waals surface area contributed by atoms with Crippen LogP contribution < -0.4 is 0 Å². The van der Waals surface area contributed by atoms with Gasteiger partial charge in [0.25, 0.3) is 0 Å². The van der Waals surface area contributed by atoms with Crippen LogP contribution in [0.1, 0.15) is 24.8 Å². The lowest BCUT2D eigenvalue weighted by molar-refractivity contribution is -0.243. The molecule has 3 aliphatic carbocycles. The van der Waals surface area contributed by atoms with Crippen LogP contribution in [0.2, 0.25) is 0 Å². The first-order valence-corrected chi connectivity index (χ1v) is 6.07. The first-order chi connectivity index (χ1) is 8.20. The Hall–Kier alpha value is -1.35. The van der Waals surface area contributed by atoms with Crippen LogP contribution in [0.4, 0.5) is 0 Å². The number of hydrogen-bond acceptors (Lipinski definition) is 3. The van der Waals surface area contributed by atoms with Gasteiger partial charge in [-0.05, 0) is 24.3 Å². The molecule has 4 rings (SSSR count). The second-order valence-corrected chi connectivity index (χ2v) is 5.30. The molecule has 0 aromatic heterocycles. The van der Waals surface area contributed by atoms with E-state index in [1.165, 1.54) is 0 Å². The molecule has 1 aromatic carbocycles. The van der Waals surface area contributed by atoms with Crippen LogP contribution >= 0.6 is 0 Å². The molecule has 3 aliphatic rings. The van der Waals surface area contributed by atoms with Gasteiger partial charge in [0.2, 0.25) is 0 Å². The van der Waals surface area contributed by atoms with Gasteiger partial charge in [-0.1, -0.05) is 30.3 Å². The van der Waals surface area contributed by atoms with E-state index in [1.807, 2.05) is 30.3 Å². The zero-order valence-corrected chi connectivity index (χ0v) is 9.63. The molecule has 0 heterocycles. The average Bonchev–Trinajstić information content (AvgIpc) is 2.33. The minimum absolute atomic E-state index is 0.127. The third-order valence-corrected chi connectivity index (χ3v) is 4.15. The van der Waals surface area contributed by atoms with Gasteiger partial charge >= 0.3 is 5.97 Å². The molecule has 3 saturated carbocycles. The van der Waals surface area contributed by atoms with Crippen LogP contribution in [-0.4, -0.2) is 17.2 Å². The van der Waals surface area contributed by atoms with E-state index in [4.69, 9.17) is 4.74 Å². The number of aliphatic hydroxyl groups excluding tert-OH is 1. The SMILES string of the molecule is O=C(CC12CC(C1)C2O)OCc1ccccc1. The van der Waals surface area contributed by atoms with Crippen LogP contribution in [0.25, 0.3) is 0 Å². The number of benzene rings is 1. The third kappa shape index (κ3) is 1.75. The topological polar surface area (TPSA) is 46.5 Å². The quantitative estimate of drug-likeness (QED) is 0.806. The van der Waals surface area contributed by atoms with E-state index in [2.05, 4.69) is 0 Å². The summed E-state index contributed by atoms with van der Waals surface area (Å²) >= 11 is 0. The molecule has 90 valence electrons. The third-order valence-electron chi connectivity index (χ3n) is 4.15. The van der Waals surface area contributed by atoms with Crippen LogP contribution in [0, 0.1) is 11.3 Å². The monoisotopic (exact) mass is 232 g/mol. The van der Waals surface area contributed by atoms with Crippen LogP contribution in [0.3, 0.4) is 0 Å². The predicted molar refractivity (Wildman–Crippen MR) is 62.0 cm³/mol. The molecule has 1 atom stereocenters.